The van der Waals surface area contributed by atoms with Crippen LogP contribution in [0.1, 0.15) is 75.2 Å². The molecule has 0 bridgehead atoms. The van der Waals surface area contributed by atoms with Crippen molar-refractivity contribution in [2.75, 3.05) is 38.2 Å². The first-order chi connectivity index (χ1) is 19.3. The van der Waals surface area contributed by atoms with Crippen LogP contribution in [0.5, 0.6) is 5.75 Å². The van der Waals surface area contributed by atoms with E-state index in [1.165, 1.54) is 11.6 Å². The van der Waals surface area contributed by atoms with Gasteiger partial charge in [-0.3, -0.25) is 4.79 Å². The van der Waals surface area contributed by atoms with Gasteiger partial charge in [-0.15, -0.1) is 0 Å². The number of amides is 2. The highest BCUT2D eigenvalue weighted by molar-refractivity contribution is 5.89. The molecule has 0 aromatic heterocycles. The molecule has 0 fully saturated rings. The van der Waals surface area contributed by atoms with Crippen LogP contribution in [-0.2, 0) is 22.6 Å². The maximum absolute atomic E-state index is 11.6. The van der Waals surface area contributed by atoms with Crippen LogP contribution in [0.4, 0.5) is 10.5 Å². The number of ether oxygens (including phenoxy) is 1. The first kappa shape index (κ1) is 34.8. The second-order valence-corrected chi connectivity index (χ2v) is 9.45. The van der Waals surface area contributed by atoms with Gasteiger partial charge in [-0.25, -0.2) is 4.79 Å². The number of hydrogen-bond donors (Lipinski definition) is 7. The number of aliphatic carboxylic acids is 1. The highest BCUT2D eigenvalue weighted by atomic mass is 16.5. The van der Waals surface area contributed by atoms with Gasteiger partial charge in [0, 0.05) is 44.5 Å². The van der Waals surface area contributed by atoms with Gasteiger partial charge in [-0.05, 0) is 81.0 Å². The zero-order valence-corrected chi connectivity index (χ0v) is 23.8. The number of benzene rings is 2. The fraction of sp³-hybridized carbons (Fsp3) is 0.533. The Bertz CT molecular complexity index is 984. The molecule has 1 atom stereocenters. The number of nitrogens with one attached hydrogen (secondary N) is 3. The molecule has 7 N–H and O–H groups in total. The van der Waals surface area contributed by atoms with E-state index in [0.717, 1.165) is 77.3 Å². The molecular weight excluding hydrogens is 514 g/mol. The lowest BCUT2D eigenvalue weighted by molar-refractivity contribution is -0.134. The van der Waals surface area contributed by atoms with Crippen molar-refractivity contribution in [3.05, 3.63) is 59.2 Å². The number of urea groups is 1. The van der Waals surface area contributed by atoms with Gasteiger partial charge in [0.2, 0.25) is 0 Å². The van der Waals surface area contributed by atoms with Crippen molar-refractivity contribution in [3.63, 3.8) is 0 Å². The number of aryl methyl sites for hydroxylation is 1. The largest absolute Gasteiger partial charge is 0.508 e. The number of carbonyl (C=O) groups is 2. The standard InChI is InChI=1S/C28H43N3O5.C2H4O2/c1-2-30-28(35)31-25-12-9-11-22(18-25)10-5-8-17-36-16-7-4-3-6-15-29-20-27(34)23-13-14-26(33)24(19-23)21-32;1-2(3)4/h9,11-14,18-19,27,29,32-34H,2-8,10,15-17,20-21H2,1H3,(H2,30,31,35);1H3,(H,3,4)/t27-;/m0./s1. The number of aliphatic hydroxyl groups excluding tert-OH is 2. The van der Waals surface area contributed by atoms with E-state index < -0.39 is 12.1 Å². The lowest BCUT2D eigenvalue weighted by Gasteiger charge is -2.14. The average molecular weight is 562 g/mol. The summed E-state index contributed by atoms with van der Waals surface area (Å²) in [6.07, 6.45) is 6.68. The number of hydrogen-bond acceptors (Lipinski definition) is 7. The Morgan fingerprint density at radius 3 is 2.38 bits per heavy atom. The van der Waals surface area contributed by atoms with Crippen molar-refractivity contribution in [3.8, 4) is 5.75 Å². The third-order valence-corrected chi connectivity index (χ3v) is 5.91. The van der Waals surface area contributed by atoms with Crippen LogP contribution in [0.3, 0.4) is 0 Å². The molecular formula is C30H47N3O7. The van der Waals surface area contributed by atoms with Crippen molar-refractivity contribution in [1.29, 1.82) is 0 Å². The zero-order valence-electron chi connectivity index (χ0n) is 23.8. The maximum Gasteiger partial charge on any atom is 0.319 e. The maximum atomic E-state index is 11.6. The zero-order chi connectivity index (χ0) is 29.6. The van der Waals surface area contributed by atoms with Gasteiger partial charge < -0.3 is 41.1 Å². The molecule has 10 nitrogen and oxygen atoms in total. The van der Waals surface area contributed by atoms with Gasteiger partial charge in [-0.2, -0.15) is 0 Å². The van der Waals surface area contributed by atoms with Crippen molar-refractivity contribution in [2.45, 2.75) is 71.5 Å². The van der Waals surface area contributed by atoms with Crippen LogP contribution in [0, 0.1) is 0 Å². The first-order valence-corrected chi connectivity index (χ1v) is 14.0. The molecule has 0 saturated heterocycles. The minimum atomic E-state index is -0.833. The summed E-state index contributed by atoms with van der Waals surface area (Å²) in [5.74, 6) is -0.792. The first-order valence-electron chi connectivity index (χ1n) is 14.0. The Balaban J connectivity index is 0.00000187. The molecule has 0 aliphatic rings. The third-order valence-electron chi connectivity index (χ3n) is 5.91. The van der Waals surface area contributed by atoms with E-state index in [1.54, 1.807) is 12.1 Å². The molecule has 2 rings (SSSR count). The molecule has 2 amide bonds. The number of unbranched alkanes of at least 4 members (excludes halogenated alkanes) is 4. The summed E-state index contributed by atoms with van der Waals surface area (Å²) in [7, 11) is 0. The Hall–Kier alpha value is -3.18. The molecule has 2 aromatic rings. The normalized spacial score (nSPS) is 11.3. The van der Waals surface area contributed by atoms with E-state index in [2.05, 4.69) is 22.0 Å². The van der Waals surface area contributed by atoms with Crippen molar-refractivity contribution >= 4 is 17.7 Å². The van der Waals surface area contributed by atoms with Gasteiger partial charge >= 0.3 is 6.03 Å². The van der Waals surface area contributed by atoms with Gasteiger partial charge in [0.25, 0.3) is 5.97 Å². The molecule has 0 aliphatic heterocycles. The number of carbonyl (C=O) groups excluding carboxylic acids is 1. The van der Waals surface area contributed by atoms with Crippen molar-refractivity contribution in [1.82, 2.24) is 10.6 Å². The Morgan fingerprint density at radius 2 is 1.68 bits per heavy atom. The van der Waals surface area contributed by atoms with Crippen LogP contribution >= 0.6 is 0 Å². The summed E-state index contributed by atoms with van der Waals surface area (Å²) < 4.78 is 5.76. The van der Waals surface area contributed by atoms with E-state index in [9.17, 15) is 20.1 Å². The monoisotopic (exact) mass is 561 g/mol. The summed E-state index contributed by atoms with van der Waals surface area (Å²) in [4.78, 5) is 20.6. The minimum absolute atomic E-state index is 0.0414. The van der Waals surface area contributed by atoms with Crippen LogP contribution in [0.15, 0.2) is 42.5 Å². The number of aliphatic hydroxyl groups is 2. The lowest BCUT2D eigenvalue weighted by atomic mass is 10.1. The molecule has 0 spiro atoms. The quantitative estimate of drug-likeness (QED) is 0.132. The fourth-order valence-corrected chi connectivity index (χ4v) is 3.88. The summed E-state index contributed by atoms with van der Waals surface area (Å²) in [5.41, 5.74) is 3.13. The Kier molecular flexibility index (Phi) is 18.8. The van der Waals surface area contributed by atoms with E-state index in [-0.39, 0.29) is 18.4 Å². The average Bonchev–Trinajstić information content (AvgIpc) is 2.91. The third kappa shape index (κ3) is 16.7. The molecule has 0 saturated carbocycles. The molecule has 0 radical (unpaired) electrons. The van der Waals surface area contributed by atoms with Crippen LogP contribution < -0.4 is 16.0 Å². The molecule has 2 aromatic carbocycles. The van der Waals surface area contributed by atoms with Gasteiger partial charge in [0.05, 0.1) is 12.7 Å². The number of carboxylic acid groups (broad SMARTS) is 1. The summed E-state index contributed by atoms with van der Waals surface area (Å²) in [6, 6.07) is 12.6. The SMILES string of the molecule is CC(=O)O.CCNC(=O)Nc1cccc(CCCCOCCCCCCNC[C@H](O)c2ccc(O)c(CO)c2)c1. The van der Waals surface area contributed by atoms with Gasteiger partial charge in [0.15, 0.2) is 0 Å². The topological polar surface area (TPSA) is 160 Å². The molecule has 0 aliphatic carbocycles. The van der Waals surface area contributed by atoms with Gasteiger partial charge in [0.1, 0.15) is 5.75 Å². The summed E-state index contributed by atoms with van der Waals surface area (Å²) >= 11 is 0. The molecule has 40 heavy (non-hydrogen) atoms. The Labute approximate surface area is 237 Å². The highest BCUT2D eigenvalue weighted by Crippen LogP contribution is 2.22. The van der Waals surface area contributed by atoms with Crippen LogP contribution in [-0.4, -0.2) is 65.3 Å². The smallest absolute Gasteiger partial charge is 0.319 e. The molecule has 0 heterocycles. The van der Waals surface area contributed by atoms with E-state index in [1.807, 2.05) is 25.1 Å². The minimum Gasteiger partial charge on any atom is -0.508 e. The van der Waals surface area contributed by atoms with Crippen molar-refractivity contribution in [2.24, 2.45) is 0 Å². The van der Waals surface area contributed by atoms with Crippen LogP contribution in [0.25, 0.3) is 0 Å². The second-order valence-electron chi connectivity index (χ2n) is 9.45. The molecule has 0 unspecified atom stereocenters. The number of rotatable bonds is 18. The predicted molar refractivity (Wildman–Crippen MR) is 157 cm³/mol. The van der Waals surface area contributed by atoms with Crippen LogP contribution in [0.2, 0.25) is 0 Å². The fourth-order valence-electron chi connectivity index (χ4n) is 3.88. The number of phenols is 1. The van der Waals surface area contributed by atoms with Crippen molar-refractivity contribution < 1.29 is 34.8 Å². The summed E-state index contributed by atoms with van der Waals surface area (Å²) in [5, 5.41) is 45.3. The summed E-state index contributed by atoms with van der Waals surface area (Å²) in [6.45, 7) is 6.15. The number of anilines is 1. The lowest BCUT2D eigenvalue weighted by Crippen LogP contribution is -2.28. The highest BCUT2D eigenvalue weighted by Gasteiger charge is 2.10. The molecule has 224 valence electrons. The van der Waals surface area contributed by atoms with Gasteiger partial charge in [-0.1, -0.05) is 31.0 Å². The van der Waals surface area contributed by atoms with E-state index in [0.29, 0.717) is 24.2 Å². The van der Waals surface area contributed by atoms with E-state index >= 15 is 0 Å². The number of aromatic hydroxyl groups is 1. The molecule has 10 heteroatoms. The Morgan fingerprint density at radius 1 is 0.975 bits per heavy atom. The van der Waals surface area contributed by atoms with E-state index in [4.69, 9.17) is 14.6 Å². The predicted octanol–water partition coefficient (Wildman–Crippen LogP) is 4.34. The number of carboxylic acids is 1. The second kappa shape index (κ2) is 21.6.